The number of benzene rings is 1. The highest BCUT2D eigenvalue weighted by Crippen LogP contribution is 2.49. The van der Waals surface area contributed by atoms with E-state index in [0.29, 0.717) is 17.5 Å². The first-order valence-electron chi connectivity index (χ1n) is 6.88. The maximum absolute atomic E-state index is 14.3. The van der Waals surface area contributed by atoms with Gasteiger partial charge in [0.2, 0.25) is 0 Å². The topological polar surface area (TPSA) is 17.1 Å². The van der Waals surface area contributed by atoms with Crippen LogP contribution in [0.15, 0.2) is 12.1 Å². The molecule has 19 heavy (non-hydrogen) atoms. The highest BCUT2D eigenvalue weighted by atomic mass is 19.1. The average molecular weight is 262 g/mol. The fraction of sp³-hybridized carbons (Fsp3) is 0.588. The van der Waals surface area contributed by atoms with Crippen molar-refractivity contribution in [3.8, 4) is 0 Å². The Kier molecular flexibility index (Phi) is 3.11. The SMILES string of the molecule is CC(=O)c1cc(C(C)(C)C)cc2c1C(F)CC2(C)C. The van der Waals surface area contributed by atoms with Crippen molar-refractivity contribution in [2.24, 2.45) is 0 Å². The van der Waals surface area contributed by atoms with Gasteiger partial charge in [0.25, 0.3) is 0 Å². The molecule has 2 rings (SSSR count). The van der Waals surface area contributed by atoms with Crippen LogP contribution in [0, 0.1) is 0 Å². The van der Waals surface area contributed by atoms with E-state index in [2.05, 4.69) is 40.7 Å². The van der Waals surface area contributed by atoms with Crippen molar-refractivity contribution in [3.63, 3.8) is 0 Å². The number of hydrogen-bond acceptors (Lipinski definition) is 1. The van der Waals surface area contributed by atoms with Gasteiger partial charge in [-0.25, -0.2) is 4.39 Å². The molecule has 0 saturated heterocycles. The van der Waals surface area contributed by atoms with Crippen molar-refractivity contribution in [1.82, 2.24) is 0 Å². The Morgan fingerprint density at radius 2 is 1.89 bits per heavy atom. The fourth-order valence-corrected chi connectivity index (χ4v) is 2.93. The van der Waals surface area contributed by atoms with Gasteiger partial charge in [-0.15, -0.1) is 0 Å². The van der Waals surface area contributed by atoms with E-state index in [1.807, 2.05) is 6.07 Å². The maximum Gasteiger partial charge on any atom is 0.160 e. The highest BCUT2D eigenvalue weighted by Gasteiger charge is 2.40. The molecule has 0 bridgehead atoms. The molecule has 0 amide bonds. The summed E-state index contributed by atoms with van der Waals surface area (Å²) >= 11 is 0. The summed E-state index contributed by atoms with van der Waals surface area (Å²) in [5, 5.41) is 0. The molecular weight excluding hydrogens is 239 g/mol. The number of halogens is 1. The molecule has 1 aliphatic carbocycles. The summed E-state index contributed by atoms with van der Waals surface area (Å²) in [4.78, 5) is 11.9. The zero-order valence-electron chi connectivity index (χ0n) is 12.7. The number of hydrogen-bond donors (Lipinski definition) is 0. The van der Waals surface area contributed by atoms with Crippen LogP contribution in [0.25, 0.3) is 0 Å². The molecule has 0 aromatic heterocycles. The standard InChI is InChI=1S/C17H23FO/c1-10(19)12-7-11(16(2,3)4)8-13-15(12)14(18)9-17(13,5)6/h7-8,14H,9H2,1-6H3. The second-order valence-electron chi connectivity index (χ2n) is 7.35. The maximum atomic E-state index is 14.3. The fourth-order valence-electron chi connectivity index (χ4n) is 2.93. The second-order valence-corrected chi connectivity index (χ2v) is 7.35. The van der Waals surface area contributed by atoms with Gasteiger partial charge in [0.05, 0.1) is 0 Å². The molecule has 1 nitrogen and oxygen atoms in total. The molecule has 0 radical (unpaired) electrons. The predicted octanol–water partition coefficient (Wildman–Crippen LogP) is 4.88. The van der Waals surface area contributed by atoms with Gasteiger partial charge in [-0.2, -0.15) is 0 Å². The average Bonchev–Trinajstić information content (AvgIpc) is 2.47. The Morgan fingerprint density at radius 3 is 2.37 bits per heavy atom. The highest BCUT2D eigenvalue weighted by molar-refractivity contribution is 5.96. The lowest BCUT2D eigenvalue weighted by Crippen LogP contribution is -2.17. The van der Waals surface area contributed by atoms with E-state index >= 15 is 0 Å². The van der Waals surface area contributed by atoms with Crippen LogP contribution in [0.5, 0.6) is 0 Å². The van der Waals surface area contributed by atoms with E-state index in [0.717, 1.165) is 11.1 Å². The molecule has 0 spiro atoms. The number of alkyl halides is 1. The minimum Gasteiger partial charge on any atom is -0.294 e. The van der Waals surface area contributed by atoms with Crippen LogP contribution in [0.3, 0.4) is 0 Å². The van der Waals surface area contributed by atoms with Crippen LogP contribution in [-0.2, 0) is 10.8 Å². The number of carbonyl (C=O) groups excluding carboxylic acids is 1. The molecule has 1 aromatic rings. The van der Waals surface area contributed by atoms with Crippen molar-refractivity contribution in [3.05, 3.63) is 34.4 Å². The minimum absolute atomic E-state index is 0.0380. The minimum atomic E-state index is -1.02. The molecular formula is C17H23FO. The quantitative estimate of drug-likeness (QED) is 0.659. The van der Waals surface area contributed by atoms with Crippen molar-refractivity contribution in [2.75, 3.05) is 0 Å². The molecule has 0 aliphatic heterocycles. The Morgan fingerprint density at radius 1 is 1.32 bits per heavy atom. The number of Topliss-reactive ketones (excluding diaryl/α,β-unsaturated/α-hetero) is 1. The molecule has 1 unspecified atom stereocenters. The summed E-state index contributed by atoms with van der Waals surface area (Å²) in [6, 6.07) is 3.98. The van der Waals surface area contributed by atoms with Crippen molar-refractivity contribution in [2.45, 2.75) is 65.0 Å². The monoisotopic (exact) mass is 262 g/mol. The van der Waals surface area contributed by atoms with Crippen LogP contribution in [0.4, 0.5) is 4.39 Å². The summed E-state index contributed by atoms with van der Waals surface area (Å²) in [5.74, 6) is -0.0392. The van der Waals surface area contributed by atoms with Crippen molar-refractivity contribution >= 4 is 5.78 Å². The van der Waals surface area contributed by atoms with E-state index in [9.17, 15) is 9.18 Å². The molecule has 1 atom stereocenters. The molecule has 0 heterocycles. The molecule has 0 fully saturated rings. The van der Waals surface area contributed by atoms with Gasteiger partial charge in [0.15, 0.2) is 5.78 Å². The molecule has 1 aliphatic rings. The number of rotatable bonds is 1. The largest absolute Gasteiger partial charge is 0.294 e. The van der Waals surface area contributed by atoms with Crippen molar-refractivity contribution in [1.29, 1.82) is 0 Å². The Labute approximate surface area is 115 Å². The van der Waals surface area contributed by atoms with Gasteiger partial charge >= 0.3 is 0 Å². The zero-order chi connectivity index (χ0) is 14.6. The molecule has 0 saturated carbocycles. The predicted molar refractivity (Wildman–Crippen MR) is 76.6 cm³/mol. The van der Waals surface area contributed by atoms with Crippen LogP contribution < -0.4 is 0 Å². The van der Waals surface area contributed by atoms with Gasteiger partial charge in [0.1, 0.15) is 6.17 Å². The number of ketones is 1. The van der Waals surface area contributed by atoms with Crippen LogP contribution in [-0.4, -0.2) is 5.78 Å². The molecule has 2 heteroatoms. The van der Waals surface area contributed by atoms with E-state index in [-0.39, 0.29) is 16.6 Å². The third kappa shape index (κ3) is 2.33. The van der Waals surface area contributed by atoms with Crippen LogP contribution in [0.1, 0.15) is 81.2 Å². The zero-order valence-corrected chi connectivity index (χ0v) is 12.7. The van der Waals surface area contributed by atoms with Gasteiger partial charge in [-0.1, -0.05) is 40.7 Å². The summed E-state index contributed by atoms with van der Waals surface area (Å²) in [6.45, 7) is 12.0. The summed E-state index contributed by atoms with van der Waals surface area (Å²) in [5.41, 5.74) is 3.09. The number of fused-ring (bicyclic) bond motifs is 1. The smallest absolute Gasteiger partial charge is 0.160 e. The molecule has 1 aromatic carbocycles. The first-order chi connectivity index (χ1) is 8.54. The van der Waals surface area contributed by atoms with Gasteiger partial charge in [0, 0.05) is 11.1 Å². The third-order valence-electron chi connectivity index (χ3n) is 4.16. The molecule has 104 valence electrons. The normalized spacial score (nSPS) is 21.3. The van der Waals surface area contributed by atoms with E-state index in [1.54, 1.807) is 0 Å². The van der Waals surface area contributed by atoms with Gasteiger partial charge in [-0.3, -0.25) is 4.79 Å². The van der Waals surface area contributed by atoms with Crippen molar-refractivity contribution < 1.29 is 9.18 Å². The Hall–Kier alpha value is -1.18. The van der Waals surface area contributed by atoms with E-state index < -0.39 is 6.17 Å². The third-order valence-corrected chi connectivity index (χ3v) is 4.16. The van der Waals surface area contributed by atoms with E-state index in [4.69, 9.17) is 0 Å². The van der Waals surface area contributed by atoms with E-state index in [1.165, 1.54) is 6.92 Å². The lowest BCUT2D eigenvalue weighted by Gasteiger charge is -2.25. The summed E-state index contributed by atoms with van der Waals surface area (Å²) in [6.07, 6.45) is -0.547. The lowest BCUT2D eigenvalue weighted by atomic mass is 9.79. The van der Waals surface area contributed by atoms with Gasteiger partial charge < -0.3 is 0 Å². The Balaban J connectivity index is 2.77. The summed E-state index contributed by atoms with van der Waals surface area (Å²) in [7, 11) is 0. The Bertz CT molecular complexity index is 535. The van der Waals surface area contributed by atoms with Gasteiger partial charge in [-0.05, 0) is 41.4 Å². The first kappa shape index (κ1) is 14.2. The first-order valence-corrected chi connectivity index (χ1v) is 6.88. The van der Waals surface area contributed by atoms with Crippen LogP contribution >= 0.6 is 0 Å². The summed E-state index contributed by atoms with van der Waals surface area (Å²) < 4.78 is 14.3. The second kappa shape index (κ2) is 4.16. The number of carbonyl (C=O) groups is 1. The molecule has 0 N–H and O–H groups in total. The van der Waals surface area contributed by atoms with Crippen LogP contribution in [0.2, 0.25) is 0 Å². The lowest BCUT2D eigenvalue weighted by molar-refractivity contribution is 0.101.